The highest BCUT2D eigenvalue weighted by molar-refractivity contribution is 5.69. The minimum atomic E-state index is -0.734. The molecular formula is C20H28N4O3. The Morgan fingerprint density at radius 2 is 1.85 bits per heavy atom. The lowest BCUT2D eigenvalue weighted by atomic mass is 9.45. The van der Waals surface area contributed by atoms with Crippen LogP contribution in [-0.2, 0) is 20.6 Å². The van der Waals surface area contributed by atoms with Gasteiger partial charge in [0.05, 0.1) is 11.9 Å². The molecule has 2 aromatic rings. The lowest BCUT2D eigenvalue weighted by molar-refractivity contribution is -0.225. The fourth-order valence-corrected chi connectivity index (χ4v) is 6.31. The first-order chi connectivity index (χ1) is 12.9. The predicted molar refractivity (Wildman–Crippen MR) is 102 cm³/mol. The van der Waals surface area contributed by atoms with Crippen LogP contribution in [0.1, 0.15) is 51.4 Å². The predicted octanol–water partition coefficient (Wildman–Crippen LogP) is 1.55. The summed E-state index contributed by atoms with van der Waals surface area (Å²) in [5, 5.41) is 11.5. The molecule has 4 fully saturated rings. The van der Waals surface area contributed by atoms with Gasteiger partial charge in [-0.1, -0.05) is 12.8 Å². The molecule has 4 saturated carbocycles. The van der Waals surface area contributed by atoms with Gasteiger partial charge in [0.2, 0.25) is 0 Å². The van der Waals surface area contributed by atoms with Crippen LogP contribution in [0.25, 0.3) is 11.2 Å². The molecule has 27 heavy (non-hydrogen) atoms. The molecule has 0 spiro atoms. The van der Waals surface area contributed by atoms with Crippen LogP contribution in [0.2, 0.25) is 0 Å². The molecule has 2 aromatic heterocycles. The molecule has 2 atom stereocenters. The number of aromatic nitrogens is 4. The molecule has 4 aliphatic rings. The fourth-order valence-electron chi connectivity index (χ4n) is 6.31. The van der Waals surface area contributed by atoms with E-state index in [1.54, 1.807) is 25.0 Å². The van der Waals surface area contributed by atoms with Crippen LogP contribution in [0, 0.1) is 17.3 Å². The van der Waals surface area contributed by atoms with Gasteiger partial charge >= 0.3 is 5.69 Å². The molecule has 7 heteroatoms. The first kappa shape index (κ1) is 17.2. The Kier molecular flexibility index (Phi) is 3.55. The average Bonchev–Trinajstić information content (AvgIpc) is 3.05. The summed E-state index contributed by atoms with van der Waals surface area (Å²) >= 11 is 0. The molecule has 0 saturated heterocycles. The first-order valence-corrected chi connectivity index (χ1v) is 10.2. The topological polar surface area (TPSA) is 82.1 Å². The quantitative estimate of drug-likeness (QED) is 0.867. The minimum absolute atomic E-state index is 0.285. The Balaban J connectivity index is 1.67. The number of hydrogen-bond donors (Lipinski definition) is 1. The zero-order valence-corrected chi connectivity index (χ0v) is 16.1. The molecule has 0 aromatic carbocycles. The molecule has 0 radical (unpaired) electrons. The average molecular weight is 372 g/mol. The van der Waals surface area contributed by atoms with Crippen LogP contribution < -0.4 is 11.2 Å². The molecule has 2 bridgehead atoms. The molecule has 0 amide bonds. The van der Waals surface area contributed by atoms with Crippen molar-refractivity contribution >= 4 is 11.2 Å². The van der Waals surface area contributed by atoms with E-state index in [1.807, 2.05) is 0 Å². The van der Waals surface area contributed by atoms with E-state index in [-0.39, 0.29) is 16.7 Å². The Morgan fingerprint density at radius 1 is 1.11 bits per heavy atom. The van der Waals surface area contributed by atoms with E-state index in [9.17, 15) is 14.7 Å². The van der Waals surface area contributed by atoms with Crippen molar-refractivity contribution in [3.8, 4) is 0 Å². The summed E-state index contributed by atoms with van der Waals surface area (Å²) in [6.07, 6.45) is 9.79. The second-order valence-corrected chi connectivity index (χ2v) is 9.20. The van der Waals surface area contributed by atoms with Gasteiger partial charge in [-0.3, -0.25) is 13.9 Å². The minimum Gasteiger partial charge on any atom is -0.389 e. The second kappa shape index (κ2) is 5.56. The van der Waals surface area contributed by atoms with Gasteiger partial charge in [-0.05, 0) is 50.4 Å². The SMILES string of the molecule is Cn1cnc2c1c(=O)n(CC13CCC1(O)CCC1CCC3CC1)c(=O)n2C. The van der Waals surface area contributed by atoms with E-state index in [1.165, 1.54) is 22.0 Å². The third kappa shape index (κ3) is 2.15. The van der Waals surface area contributed by atoms with Gasteiger partial charge in [0.15, 0.2) is 11.2 Å². The maximum absolute atomic E-state index is 13.2. The van der Waals surface area contributed by atoms with Crippen LogP contribution in [-0.4, -0.2) is 29.4 Å². The van der Waals surface area contributed by atoms with E-state index in [4.69, 9.17) is 0 Å². The third-order valence-electron chi connectivity index (χ3n) is 8.15. The molecule has 6 rings (SSSR count). The maximum Gasteiger partial charge on any atom is 0.332 e. The number of hydrogen-bond acceptors (Lipinski definition) is 4. The van der Waals surface area contributed by atoms with Gasteiger partial charge in [0.25, 0.3) is 5.56 Å². The molecule has 1 N–H and O–H groups in total. The van der Waals surface area contributed by atoms with Gasteiger partial charge in [0, 0.05) is 26.1 Å². The van der Waals surface area contributed by atoms with Crippen LogP contribution in [0.3, 0.4) is 0 Å². The highest BCUT2D eigenvalue weighted by Gasteiger charge is 2.62. The van der Waals surface area contributed by atoms with Crippen molar-refractivity contribution in [2.45, 2.75) is 63.5 Å². The van der Waals surface area contributed by atoms with Gasteiger partial charge in [-0.15, -0.1) is 0 Å². The van der Waals surface area contributed by atoms with Gasteiger partial charge in [0.1, 0.15) is 0 Å². The largest absolute Gasteiger partial charge is 0.389 e. The molecule has 7 nitrogen and oxygen atoms in total. The number of aliphatic hydroxyl groups is 1. The van der Waals surface area contributed by atoms with Crippen molar-refractivity contribution in [3.63, 3.8) is 0 Å². The van der Waals surface area contributed by atoms with Crippen molar-refractivity contribution in [2.75, 3.05) is 0 Å². The Hall–Kier alpha value is -1.89. The number of fused-ring (bicyclic) bond motifs is 4. The van der Waals surface area contributed by atoms with E-state index < -0.39 is 5.60 Å². The molecule has 2 unspecified atom stereocenters. The summed E-state index contributed by atoms with van der Waals surface area (Å²) < 4.78 is 4.52. The molecule has 0 aliphatic heterocycles. The van der Waals surface area contributed by atoms with Crippen LogP contribution >= 0.6 is 0 Å². The van der Waals surface area contributed by atoms with Gasteiger partial charge in [-0.2, -0.15) is 0 Å². The molecule has 146 valence electrons. The zero-order chi connectivity index (χ0) is 19.0. The highest BCUT2D eigenvalue weighted by Crippen LogP contribution is 2.63. The number of imidazole rings is 1. The van der Waals surface area contributed by atoms with Crippen molar-refractivity contribution < 1.29 is 5.11 Å². The molecule has 2 heterocycles. The van der Waals surface area contributed by atoms with Crippen molar-refractivity contribution in [1.82, 2.24) is 18.7 Å². The standard InChI is InChI=1S/C20H28N4O3/c1-22-12-21-16-15(22)17(25)24(18(26)23(16)2)11-19-9-10-20(19,27)8-7-13-3-5-14(19)6-4-13/h12-14,27H,3-11H2,1-2H3. The molecular weight excluding hydrogens is 344 g/mol. The van der Waals surface area contributed by atoms with E-state index >= 15 is 0 Å². The van der Waals surface area contributed by atoms with E-state index in [2.05, 4.69) is 4.98 Å². The number of nitrogens with zero attached hydrogens (tertiary/aromatic N) is 4. The first-order valence-electron chi connectivity index (χ1n) is 10.2. The summed E-state index contributed by atoms with van der Waals surface area (Å²) in [6, 6.07) is 0. The van der Waals surface area contributed by atoms with Crippen LogP contribution in [0.4, 0.5) is 0 Å². The summed E-state index contributed by atoms with van der Waals surface area (Å²) in [6.45, 7) is 0.325. The fraction of sp³-hybridized carbons (Fsp3) is 0.750. The second-order valence-electron chi connectivity index (χ2n) is 9.20. The van der Waals surface area contributed by atoms with Crippen LogP contribution in [0.15, 0.2) is 15.9 Å². The highest BCUT2D eigenvalue weighted by atomic mass is 16.3. The van der Waals surface area contributed by atoms with Crippen molar-refractivity contribution in [2.24, 2.45) is 31.3 Å². The number of aryl methyl sites for hydroxylation is 2. The summed E-state index contributed by atoms with van der Waals surface area (Å²) in [7, 11) is 3.45. The summed E-state index contributed by atoms with van der Waals surface area (Å²) in [5.41, 5.74) is -0.823. The van der Waals surface area contributed by atoms with Crippen molar-refractivity contribution in [3.05, 3.63) is 27.2 Å². The van der Waals surface area contributed by atoms with Gasteiger partial charge < -0.3 is 9.67 Å². The summed E-state index contributed by atoms with van der Waals surface area (Å²) in [4.78, 5) is 30.4. The smallest absolute Gasteiger partial charge is 0.332 e. The van der Waals surface area contributed by atoms with Crippen LogP contribution in [0.5, 0.6) is 0 Å². The lowest BCUT2D eigenvalue weighted by Gasteiger charge is -2.63. The van der Waals surface area contributed by atoms with E-state index in [0.717, 1.165) is 44.4 Å². The van der Waals surface area contributed by atoms with Crippen molar-refractivity contribution in [1.29, 1.82) is 0 Å². The third-order valence-corrected chi connectivity index (χ3v) is 8.15. The monoisotopic (exact) mass is 372 g/mol. The lowest BCUT2D eigenvalue weighted by Crippen LogP contribution is -2.65. The van der Waals surface area contributed by atoms with E-state index in [0.29, 0.717) is 23.6 Å². The molecule has 4 aliphatic carbocycles. The maximum atomic E-state index is 13.2. The summed E-state index contributed by atoms with van der Waals surface area (Å²) in [5.74, 6) is 1.14. The zero-order valence-electron chi connectivity index (χ0n) is 16.1. The normalized spacial score (nSPS) is 35.5. The van der Waals surface area contributed by atoms with Gasteiger partial charge in [-0.25, -0.2) is 9.78 Å². The number of rotatable bonds is 2. The Bertz CT molecular complexity index is 1030. The Labute approximate surface area is 157 Å². The Morgan fingerprint density at radius 3 is 2.52 bits per heavy atom.